The maximum absolute atomic E-state index is 13.2. The minimum absolute atomic E-state index is 0.0122. The van der Waals surface area contributed by atoms with Gasteiger partial charge in [0.2, 0.25) is 0 Å². The lowest BCUT2D eigenvalue weighted by atomic mass is 9.53. The Hall–Kier alpha value is -2.71. The van der Waals surface area contributed by atoms with E-state index in [9.17, 15) is 9.90 Å². The highest BCUT2D eigenvalue weighted by Crippen LogP contribution is 2.55. The van der Waals surface area contributed by atoms with E-state index in [1.807, 2.05) is 54.6 Å². The number of carbonyl (C=O) groups excluding carboxylic acids is 1. The van der Waals surface area contributed by atoms with Crippen LogP contribution in [0, 0.1) is 23.7 Å². The van der Waals surface area contributed by atoms with Crippen LogP contribution in [0.4, 0.5) is 10.5 Å². The Balaban J connectivity index is 1.18. The number of anilines is 1. The van der Waals surface area contributed by atoms with Crippen molar-refractivity contribution in [3.63, 3.8) is 0 Å². The van der Waals surface area contributed by atoms with Gasteiger partial charge in [-0.1, -0.05) is 49.4 Å². The topological polar surface area (TPSA) is 83.1 Å². The molecule has 1 heterocycles. The predicted molar refractivity (Wildman–Crippen MR) is 160 cm³/mol. The van der Waals surface area contributed by atoms with Crippen LogP contribution in [0.15, 0.2) is 61.2 Å². The van der Waals surface area contributed by atoms with Crippen molar-refractivity contribution in [1.29, 1.82) is 0 Å². The average Bonchev–Trinajstić information content (AvgIpc) is 2.93. The Morgan fingerprint density at radius 1 is 1.05 bits per heavy atom. The molecular formula is C34H45N3O4. The fourth-order valence-electron chi connectivity index (χ4n) is 8.36. The molecule has 2 aromatic carbocycles. The van der Waals surface area contributed by atoms with Gasteiger partial charge in [-0.3, -0.25) is 0 Å². The smallest absolute Gasteiger partial charge is 0.319 e. The zero-order valence-corrected chi connectivity index (χ0v) is 24.4. The number of benzene rings is 2. The molecule has 7 heteroatoms. The second kappa shape index (κ2) is 11.9. The van der Waals surface area contributed by atoms with Crippen LogP contribution in [0.5, 0.6) is 0 Å². The average molecular weight is 560 g/mol. The summed E-state index contributed by atoms with van der Waals surface area (Å²) in [5.74, 6) is 2.43. The highest BCUT2D eigenvalue weighted by Gasteiger charge is 2.51. The molecule has 3 N–H and O–H groups in total. The zero-order chi connectivity index (χ0) is 28.6. The molecule has 0 aromatic heterocycles. The monoisotopic (exact) mass is 559 g/mol. The molecule has 1 aliphatic heterocycles. The number of likely N-dealkylation sites (N-methyl/N-ethyl adjacent to an activating group) is 1. The standard InChI is InChI=1S/C34H45N3O4/c1-4-12-37(3)20-30-22(2)31(27-10-8-23(21-38)9-11-27)41-32(40-30)28-6-5-7-29(16-28)35-33(39)36-34-17-24-13-25(18-34)15-26(14-24)19-34/h4-11,16,22,24-26,30-32,38H,1,12-15,17-21H2,2-3H3,(H2,35,36,39)/t22-,24?,25?,26?,30+,31+,32+,34?/m1/s1. The van der Waals surface area contributed by atoms with Gasteiger partial charge < -0.3 is 30.1 Å². The SMILES string of the molecule is C=CCN(C)C[C@@H]1O[C@H](c2cccc(NC(=O)NC34CC5CC(CC(C5)C3)C4)c2)O[C@H](c2ccc(CO)cc2)[C@@H]1C. The lowest BCUT2D eigenvalue weighted by molar-refractivity contribution is -0.275. The summed E-state index contributed by atoms with van der Waals surface area (Å²) in [6.07, 6.45) is 8.48. The zero-order valence-electron chi connectivity index (χ0n) is 24.4. The number of ether oxygens (including phenoxy) is 2. The van der Waals surface area contributed by atoms with E-state index in [0.717, 1.165) is 72.5 Å². The van der Waals surface area contributed by atoms with Gasteiger partial charge >= 0.3 is 6.03 Å². The van der Waals surface area contributed by atoms with E-state index in [0.29, 0.717) is 0 Å². The lowest BCUT2D eigenvalue weighted by Crippen LogP contribution is -2.60. The third kappa shape index (κ3) is 6.24. The maximum Gasteiger partial charge on any atom is 0.319 e. The summed E-state index contributed by atoms with van der Waals surface area (Å²) in [6, 6.07) is 15.7. The van der Waals surface area contributed by atoms with E-state index in [4.69, 9.17) is 9.47 Å². The molecule has 7 rings (SSSR count). The summed E-state index contributed by atoms with van der Waals surface area (Å²) in [7, 11) is 2.07. The molecule has 0 radical (unpaired) electrons. The third-order valence-electron chi connectivity index (χ3n) is 9.89. The number of aliphatic hydroxyl groups is 1. The van der Waals surface area contributed by atoms with E-state index >= 15 is 0 Å². The van der Waals surface area contributed by atoms with Gasteiger partial charge in [-0.25, -0.2) is 4.79 Å². The van der Waals surface area contributed by atoms with Crippen LogP contribution < -0.4 is 10.6 Å². The number of rotatable bonds is 9. The molecule has 4 atom stereocenters. The molecule has 0 unspecified atom stereocenters. The molecule has 41 heavy (non-hydrogen) atoms. The molecule has 5 aliphatic rings. The molecule has 220 valence electrons. The van der Waals surface area contributed by atoms with Crippen molar-refractivity contribution in [2.75, 3.05) is 25.5 Å². The van der Waals surface area contributed by atoms with Crippen LogP contribution >= 0.6 is 0 Å². The maximum atomic E-state index is 13.2. The normalized spacial score (nSPS) is 34.0. The molecule has 2 aromatic rings. The van der Waals surface area contributed by atoms with Crippen LogP contribution in [0.3, 0.4) is 0 Å². The fraction of sp³-hybridized carbons (Fsp3) is 0.559. The van der Waals surface area contributed by atoms with Crippen molar-refractivity contribution in [3.05, 3.63) is 77.9 Å². The minimum Gasteiger partial charge on any atom is -0.392 e. The highest BCUT2D eigenvalue weighted by molar-refractivity contribution is 5.89. The molecule has 2 amide bonds. The van der Waals surface area contributed by atoms with Gasteiger partial charge in [0.15, 0.2) is 6.29 Å². The van der Waals surface area contributed by atoms with Gasteiger partial charge in [0.1, 0.15) is 0 Å². The van der Waals surface area contributed by atoms with E-state index in [-0.39, 0.29) is 36.3 Å². The predicted octanol–water partition coefficient (Wildman–Crippen LogP) is 6.18. The van der Waals surface area contributed by atoms with Crippen LogP contribution in [-0.2, 0) is 16.1 Å². The highest BCUT2D eigenvalue weighted by atomic mass is 16.7. The summed E-state index contributed by atoms with van der Waals surface area (Å²) in [5.41, 5.74) is 3.50. The summed E-state index contributed by atoms with van der Waals surface area (Å²) >= 11 is 0. The van der Waals surface area contributed by atoms with E-state index < -0.39 is 6.29 Å². The van der Waals surface area contributed by atoms with Gasteiger partial charge in [-0.2, -0.15) is 0 Å². The van der Waals surface area contributed by atoms with Gasteiger partial charge in [-0.15, -0.1) is 6.58 Å². The van der Waals surface area contributed by atoms with Gasteiger partial charge in [0, 0.05) is 35.8 Å². The van der Waals surface area contributed by atoms with Crippen LogP contribution in [0.25, 0.3) is 0 Å². The number of amides is 2. The number of nitrogens with one attached hydrogen (secondary N) is 2. The number of hydrogen-bond acceptors (Lipinski definition) is 5. The summed E-state index contributed by atoms with van der Waals surface area (Å²) in [5, 5.41) is 16.0. The first kappa shape index (κ1) is 28.4. The molecule has 4 saturated carbocycles. The van der Waals surface area contributed by atoms with Gasteiger partial charge in [-0.05, 0) is 86.6 Å². The van der Waals surface area contributed by atoms with Crippen LogP contribution in [-0.4, -0.2) is 47.8 Å². The quantitative estimate of drug-likeness (QED) is 0.320. The van der Waals surface area contributed by atoms with Crippen LogP contribution in [0.2, 0.25) is 0 Å². The summed E-state index contributed by atoms with van der Waals surface area (Å²) in [6.45, 7) is 7.57. The first-order chi connectivity index (χ1) is 19.8. The molecule has 0 spiro atoms. The molecule has 5 fully saturated rings. The van der Waals surface area contributed by atoms with E-state index in [1.165, 1.54) is 19.3 Å². The van der Waals surface area contributed by atoms with Crippen molar-refractivity contribution >= 4 is 11.7 Å². The third-order valence-corrected chi connectivity index (χ3v) is 9.89. The summed E-state index contributed by atoms with van der Waals surface area (Å²) < 4.78 is 13.2. The second-order valence-electron chi connectivity index (χ2n) is 13.2. The molecule has 1 saturated heterocycles. The van der Waals surface area contributed by atoms with Crippen molar-refractivity contribution in [2.24, 2.45) is 23.7 Å². The van der Waals surface area contributed by atoms with Crippen molar-refractivity contribution < 1.29 is 19.4 Å². The number of hydrogen-bond donors (Lipinski definition) is 3. The number of carbonyl (C=O) groups is 1. The second-order valence-corrected chi connectivity index (χ2v) is 13.2. The summed E-state index contributed by atoms with van der Waals surface area (Å²) in [4.78, 5) is 15.4. The van der Waals surface area contributed by atoms with Crippen molar-refractivity contribution in [2.45, 2.75) is 76.1 Å². The fourth-order valence-corrected chi connectivity index (χ4v) is 8.36. The van der Waals surface area contributed by atoms with Gasteiger partial charge in [0.25, 0.3) is 0 Å². The molecule has 4 bridgehead atoms. The Bertz CT molecular complexity index is 1200. The Morgan fingerprint density at radius 3 is 2.37 bits per heavy atom. The molecular weight excluding hydrogens is 514 g/mol. The first-order valence-electron chi connectivity index (χ1n) is 15.3. The minimum atomic E-state index is -0.580. The van der Waals surface area contributed by atoms with E-state index in [1.54, 1.807) is 0 Å². The van der Waals surface area contributed by atoms with E-state index in [2.05, 4.69) is 36.1 Å². The Morgan fingerprint density at radius 2 is 1.73 bits per heavy atom. The van der Waals surface area contributed by atoms with Gasteiger partial charge in [0.05, 0.1) is 18.8 Å². The van der Waals surface area contributed by atoms with Crippen LogP contribution in [0.1, 0.15) is 74.5 Å². The number of nitrogens with zero attached hydrogens (tertiary/aromatic N) is 1. The largest absolute Gasteiger partial charge is 0.392 e. The van der Waals surface area contributed by atoms with Crippen molar-refractivity contribution in [1.82, 2.24) is 10.2 Å². The molecule has 7 nitrogen and oxygen atoms in total. The lowest BCUT2D eigenvalue weighted by Gasteiger charge is -2.56. The molecule has 4 aliphatic carbocycles. The number of urea groups is 1. The van der Waals surface area contributed by atoms with Crippen molar-refractivity contribution in [3.8, 4) is 0 Å². The Labute approximate surface area is 244 Å². The Kier molecular flexibility index (Phi) is 8.23. The first-order valence-corrected chi connectivity index (χ1v) is 15.3. The number of aliphatic hydroxyl groups excluding tert-OH is 1.